The number of carbonyl (C=O) groups excluding carboxylic acids is 4. The van der Waals surface area contributed by atoms with E-state index in [0.29, 0.717) is 43.4 Å². The summed E-state index contributed by atoms with van der Waals surface area (Å²) in [4.78, 5) is 49.7. The Kier molecular flexibility index (Phi) is 9.78. The van der Waals surface area contributed by atoms with Crippen molar-refractivity contribution >= 4 is 24.0 Å². The molecule has 0 bridgehead atoms. The first-order chi connectivity index (χ1) is 15.2. The van der Waals surface area contributed by atoms with Gasteiger partial charge in [-0.3, -0.25) is 24.5 Å². The van der Waals surface area contributed by atoms with Gasteiger partial charge in [-0.2, -0.15) is 0 Å². The van der Waals surface area contributed by atoms with Crippen LogP contribution in [0.15, 0.2) is 30.4 Å². The lowest BCUT2D eigenvalue weighted by molar-refractivity contribution is -0.137. The highest BCUT2D eigenvalue weighted by Gasteiger charge is 2.31. The Morgan fingerprint density at radius 2 is 2.09 bits per heavy atom. The number of nitrogens with one attached hydrogen (secondary N) is 2. The first-order valence-electron chi connectivity index (χ1n) is 11.3. The maximum Gasteiger partial charge on any atom is 0.246 e. The Morgan fingerprint density at radius 3 is 2.75 bits per heavy atom. The zero-order valence-electron chi connectivity index (χ0n) is 19.4. The quantitative estimate of drug-likeness (QED) is 0.295. The van der Waals surface area contributed by atoms with Crippen molar-refractivity contribution in [2.45, 2.75) is 52.5 Å². The summed E-state index contributed by atoms with van der Waals surface area (Å²) in [6.45, 7) is 10.1. The second kappa shape index (κ2) is 12.3. The molecule has 1 saturated heterocycles. The molecule has 3 amide bonds. The van der Waals surface area contributed by atoms with Crippen molar-refractivity contribution in [1.29, 1.82) is 0 Å². The summed E-state index contributed by atoms with van der Waals surface area (Å²) < 4.78 is 0. The van der Waals surface area contributed by atoms with E-state index >= 15 is 0 Å². The number of aldehydes is 1. The van der Waals surface area contributed by atoms with Crippen molar-refractivity contribution < 1.29 is 19.2 Å². The van der Waals surface area contributed by atoms with Gasteiger partial charge in [-0.15, -0.1) is 0 Å². The van der Waals surface area contributed by atoms with E-state index in [-0.39, 0.29) is 29.6 Å². The van der Waals surface area contributed by atoms with Crippen molar-refractivity contribution in [2.24, 2.45) is 11.8 Å². The van der Waals surface area contributed by atoms with Crippen LogP contribution in [0, 0.1) is 11.8 Å². The molecule has 1 aromatic rings. The Bertz CT molecular complexity index is 865. The highest BCUT2D eigenvalue weighted by atomic mass is 16.2. The average Bonchev–Trinajstić information content (AvgIpc) is 2.76. The molecule has 0 aliphatic carbocycles. The lowest BCUT2D eigenvalue weighted by Gasteiger charge is -2.26. The molecule has 2 unspecified atom stereocenters. The first-order valence-corrected chi connectivity index (χ1v) is 11.3. The number of nitrogens with zero attached hydrogens (tertiary/aromatic N) is 1. The molecule has 7 heteroatoms. The minimum Gasteiger partial charge on any atom is -0.348 e. The first kappa shape index (κ1) is 25.5. The van der Waals surface area contributed by atoms with Crippen LogP contribution in [0.5, 0.6) is 0 Å². The van der Waals surface area contributed by atoms with Gasteiger partial charge in [0.05, 0.1) is 0 Å². The molecule has 1 heterocycles. The van der Waals surface area contributed by atoms with E-state index in [0.717, 1.165) is 36.9 Å². The molecular formula is C25H35N3O4. The molecule has 0 aromatic heterocycles. The molecule has 7 nitrogen and oxygen atoms in total. The fourth-order valence-electron chi connectivity index (χ4n) is 4.04. The number of piperidine rings is 1. The third-order valence-corrected chi connectivity index (χ3v) is 6.02. The van der Waals surface area contributed by atoms with E-state index < -0.39 is 0 Å². The number of carbonyl (C=O) groups is 4. The van der Waals surface area contributed by atoms with Crippen LogP contribution in [0.2, 0.25) is 0 Å². The van der Waals surface area contributed by atoms with Gasteiger partial charge in [-0.25, -0.2) is 0 Å². The summed E-state index contributed by atoms with van der Waals surface area (Å²) in [5, 5.41) is 5.30. The standard InChI is InChI=1S/C25H35N3O4/c1-5-11-28(4)12-10-17(2)24(31)26-15-19-6-7-20(16-29)21(14-19)13-18(3)22-8-9-23(30)27-25(22)32/h6-7,14,16,18,22H,2,5,8-13,15H2,1,3-4H3,(H,26,31)(H,27,30,32). The predicted octanol–water partition coefficient (Wildman–Crippen LogP) is 2.63. The lowest BCUT2D eigenvalue weighted by atomic mass is 9.82. The monoisotopic (exact) mass is 441 g/mol. The Hall–Kier alpha value is -2.80. The summed E-state index contributed by atoms with van der Waals surface area (Å²) in [6.07, 6.45) is 3.89. The molecule has 0 spiro atoms. The minimum atomic E-state index is -0.260. The highest BCUT2D eigenvalue weighted by Crippen LogP contribution is 2.26. The molecule has 1 aliphatic heterocycles. The molecule has 1 aromatic carbocycles. The average molecular weight is 442 g/mol. The molecule has 0 radical (unpaired) electrons. The number of hydrogen-bond acceptors (Lipinski definition) is 5. The third-order valence-electron chi connectivity index (χ3n) is 6.02. The summed E-state index contributed by atoms with van der Waals surface area (Å²) in [5.41, 5.74) is 2.83. The highest BCUT2D eigenvalue weighted by molar-refractivity contribution is 5.98. The molecule has 1 fully saturated rings. The van der Waals surface area contributed by atoms with Crippen molar-refractivity contribution in [1.82, 2.24) is 15.5 Å². The van der Waals surface area contributed by atoms with E-state index in [1.165, 1.54) is 0 Å². The summed E-state index contributed by atoms with van der Waals surface area (Å²) in [5.74, 6) is -0.930. The van der Waals surface area contributed by atoms with Gasteiger partial charge in [0.15, 0.2) is 0 Å². The van der Waals surface area contributed by atoms with Crippen LogP contribution in [-0.4, -0.2) is 49.0 Å². The number of imide groups is 1. The van der Waals surface area contributed by atoms with Crippen molar-refractivity contribution in [2.75, 3.05) is 20.1 Å². The smallest absolute Gasteiger partial charge is 0.246 e. The van der Waals surface area contributed by atoms with Gasteiger partial charge in [0.1, 0.15) is 6.29 Å². The van der Waals surface area contributed by atoms with Gasteiger partial charge in [-0.1, -0.05) is 38.6 Å². The van der Waals surface area contributed by atoms with Crippen molar-refractivity contribution in [3.63, 3.8) is 0 Å². The number of benzene rings is 1. The van der Waals surface area contributed by atoms with Gasteiger partial charge < -0.3 is 10.2 Å². The molecule has 2 N–H and O–H groups in total. The van der Waals surface area contributed by atoms with Crippen LogP contribution < -0.4 is 10.6 Å². The maximum atomic E-state index is 12.4. The van der Waals surface area contributed by atoms with E-state index in [1.54, 1.807) is 6.07 Å². The second-order valence-electron chi connectivity index (χ2n) is 8.73. The van der Waals surface area contributed by atoms with Crippen LogP contribution in [0.1, 0.15) is 61.0 Å². The molecular weight excluding hydrogens is 406 g/mol. The van der Waals surface area contributed by atoms with E-state index in [1.807, 2.05) is 26.1 Å². The fraction of sp³-hybridized carbons (Fsp3) is 0.520. The normalized spacial score (nSPS) is 17.1. The van der Waals surface area contributed by atoms with Crippen molar-refractivity contribution in [3.8, 4) is 0 Å². The van der Waals surface area contributed by atoms with Gasteiger partial charge in [0, 0.05) is 36.6 Å². The molecule has 174 valence electrons. The van der Waals surface area contributed by atoms with Gasteiger partial charge in [-0.05, 0) is 56.3 Å². The largest absolute Gasteiger partial charge is 0.348 e. The number of amides is 3. The lowest BCUT2D eigenvalue weighted by Crippen LogP contribution is -2.43. The van der Waals surface area contributed by atoms with Crippen LogP contribution in [0.25, 0.3) is 0 Å². The summed E-state index contributed by atoms with van der Waals surface area (Å²) in [7, 11) is 2.03. The molecule has 2 atom stereocenters. The summed E-state index contributed by atoms with van der Waals surface area (Å²) >= 11 is 0. The zero-order chi connectivity index (χ0) is 23.7. The minimum absolute atomic E-state index is 0.0217. The molecule has 2 rings (SSSR count). The van der Waals surface area contributed by atoms with E-state index in [2.05, 4.69) is 29.0 Å². The third kappa shape index (κ3) is 7.41. The Morgan fingerprint density at radius 1 is 1.34 bits per heavy atom. The van der Waals surface area contributed by atoms with Crippen LogP contribution in [0.4, 0.5) is 0 Å². The van der Waals surface area contributed by atoms with Crippen molar-refractivity contribution in [3.05, 3.63) is 47.0 Å². The fourth-order valence-corrected chi connectivity index (χ4v) is 4.04. The van der Waals surface area contributed by atoms with Gasteiger partial charge in [0.25, 0.3) is 0 Å². The topological polar surface area (TPSA) is 95.6 Å². The number of rotatable bonds is 12. The second-order valence-corrected chi connectivity index (χ2v) is 8.73. The van der Waals surface area contributed by atoms with E-state index in [9.17, 15) is 19.2 Å². The maximum absolute atomic E-state index is 12.4. The Labute approximate surface area is 190 Å². The van der Waals surface area contributed by atoms with Crippen LogP contribution in [-0.2, 0) is 27.3 Å². The van der Waals surface area contributed by atoms with Crippen LogP contribution >= 0.6 is 0 Å². The SMILES string of the molecule is C=C(CCN(C)CCC)C(=O)NCc1ccc(C=O)c(CC(C)C2CCC(=O)NC2=O)c1. The van der Waals surface area contributed by atoms with Gasteiger partial charge in [0.2, 0.25) is 17.7 Å². The molecule has 32 heavy (non-hydrogen) atoms. The predicted molar refractivity (Wildman–Crippen MR) is 124 cm³/mol. The van der Waals surface area contributed by atoms with E-state index in [4.69, 9.17) is 0 Å². The summed E-state index contributed by atoms with van der Waals surface area (Å²) in [6, 6.07) is 5.47. The zero-order valence-corrected chi connectivity index (χ0v) is 19.4. The number of hydrogen-bond donors (Lipinski definition) is 2. The molecule has 0 saturated carbocycles. The Balaban J connectivity index is 1.96. The van der Waals surface area contributed by atoms with Gasteiger partial charge >= 0.3 is 0 Å². The molecule has 1 aliphatic rings. The van der Waals surface area contributed by atoms with Crippen LogP contribution in [0.3, 0.4) is 0 Å².